The first-order chi connectivity index (χ1) is 15.5. The third-order valence-corrected chi connectivity index (χ3v) is 6.83. The van der Waals surface area contributed by atoms with Crippen LogP contribution in [0.2, 0.25) is 0 Å². The van der Waals surface area contributed by atoms with Crippen LogP contribution in [0.1, 0.15) is 43.5 Å². The van der Waals surface area contributed by atoms with E-state index in [0.717, 1.165) is 6.07 Å². The summed E-state index contributed by atoms with van der Waals surface area (Å²) in [6.07, 6.45) is 1.16. The molecule has 10 nitrogen and oxygen atoms in total. The zero-order chi connectivity index (χ0) is 24.0. The first-order valence-electron chi connectivity index (χ1n) is 10.6. The van der Waals surface area contributed by atoms with E-state index < -0.39 is 20.5 Å². The maximum Gasteiger partial charge on any atom is 0.293 e. The van der Waals surface area contributed by atoms with Gasteiger partial charge in [0.1, 0.15) is 22.8 Å². The van der Waals surface area contributed by atoms with Crippen LogP contribution in [0.5, 0.6) is 11.5 Å². The number of ketones is 1. The van der Waals surface area contributed by atoms with Gasteiger partial charge >= 0.3 is 0 Å². The molecule has 2 heterocycles. The van der Waals surface area contributed by atoms with Gasteiger partial charge in [-0.1, -0.05) is 0 Å². The summed E-state index contributed by atoms with van der Waals surface area (Å²) in [6.45, 7) is 4.63. The number of Topliss-reactive ketones (excluding diaryl/α,β-unsaturated/α-hetero) is 1. The van der Waals surface area contributed by atoms with Gasteiger partial charge in [0.2, 0.25) is 10.0 Å². The van der Waals surface area contributed by atoms with E-state index in [1.54, 1.807) is 23.1 Å². The Morgan fingerprint density at radius 1 is 1.18 bits per heavy atom. The number of nitrogens with zero attached hydrogens (tertiary/aromatic N) is 2. The Labute approximate surface area is 191 Å². The number of primary sulfonamides is 1. The summed E-state index contributed by atoms with van der Waals surface area (Å²) < 4.78 is 35.2. The molecule has 0 aliphatic carbocycles. The van der Waals surface area contributed by atoms with Crippen molar-refractivity contribution in [3.8, 4) is 11.5 Å². The summed E-state index contributed by atoms with van der Waals surface area (Å²) in [7, 11) is -4.07. The number of rotatable bonds is 5. The number of nitro benzene ring substituents is 1. The van der Waals surface area contributed by atoms with Crippen molar-refractivity contribution in [3.05, 3.63) is 52.1 Å². The van der Waals surface area contributed by atoms with Crippen molar-refractivity contribution in [3.63, 3.8) is 0 Å². The molecule has 4 rings (SSSR count). The smallest absolute Gasteiger partial charge is 0.293 e. The highest BCUT2D eigenvalue weighted by molar-refractivity contribution is 7.89. The lowest BCUT2D eigenvalue weighted by molar-refractivity contribution is -0.384. The minimum Gasteiger partial charge on any atom is -0.491 e. The zero-order valence-corrected chi connectivity index (χ0v) is 19.1. The second-order valence-electron chi connectivity index (χ2n) is 8.65. The van der Waals surface area contributed by atoms with Crippen LogP contribution < -0.4 is 19.5 Å². The quantitative estimate of drug-likeness (QED) is 0.514. The van der Waals surface area contributed by atoms with Gasteiger partial charge in [-0.05, 0) is 38.1 Å². The van der Waals surface area contributed by atoms with E-state index >= 15 is 0 Å². The number of ether oxygens (including phenoxy) is 2. The van der Waals surface area contributed by atoms with E-state index in [-0.39, 0.29) is 28.9 Å². The first kappa shape index (κ1) is 23.0. The number of carbonyl (C=O) groups excluding carboxylic acids is 1. The maximum absolute atomic E-state index is 12.8. The third kappa shape index (κ3) is 4.64. The molecule has 0 saturated carbocycles. The van der Waals surface area contributed by atoms with Crippen LogP contribution >= 0.6 is 0 Å². The van der Waals surface area contributed by atoms with Gasteiger partial charge in [0.15, 0.2) is 5.78 Å². The Balaban J connectivity index is 1.56. The number of anilines is 1. The fourth-order valence-corrected chi connectivity index (χ4v) is 4.88. The van der Waals surface area contributed by atoms with Gasteiger partial charge in [-0.3, -0.25) is 14.9 Å². The normalized spacial score (nSPS) is 17.6. The maximum atomic E-state index is 12.8. The lowest BCUT2D eigenvalue weighted by Crippen LogP contribution is -2.51. The molecule has 2 aromatic carbocycles. The number of benzene rings is 2. The van der Waals surface area contributed by atoms with Gasteiger partial charge in [-0.25, -0.2) is 13.6 Å². The lowest BCUT2D eigenvalue weighted by Gasteiger charge is -2.44. The fraction of sp³-hybridized carbons (Fsp3) is 0.409. The van der Waals surface area contributed by atoms with E-state index in [0.29, 0.717) is 48.7 Å². The molecule has 2 aliphatic rings. The Bertz CT molecular complexity index is 1220. The topological polar surface area (TPSA) is 142 Å². The number of carbonyl (C=O) groups is 1. The first-order valence-corrected chi connectivity index (χ1v) is 12.1. The van der Waals surface area contributed by atoms with Crippen LogP contribution in [0.25, 0.3) is 0 Å². The second-order valence-corrected chi connectivity index (χ2v) is 10.2. The predicted molar refractivity (Wildman–Crippen MR) is 120 cm³/mol. The Morgan fingerprint density at radius 3 is 2.48 bits per heavy atom. The molecule has 0 atom stereocenters. The van der Waals surface area contributed by atoms with Crippen molar-refractivity contribution in [2.24, 2.45) is 5.14 Å². The monoisotopic (exact) mass is 475 g/mol. The molecule has 1 fully saturated rings. The minimum absolute atomic E-state index is 0.00992. The summed E-state index contributed by atoms with van der Waals surface area (Å²) in [6, 6.07) is 8.83. The average molecular weight is 476 g/mol. The van der Waals surface area contributed by atoms with Crippen LogP contribution in [-0.4, -0.2) is 43.9 Å². The second kappa shape index (κ2) is 8.31. The zero-order valence-electron chi connectivity index (χ0n) is 18.3. The number of hydrogen-bond acceptors (Lipinski definition) is 8. The predicted octanol–water partition coefficient (Wildman–Crippen LogP) is 3.03. The molecule has 0 bridgehead atoms. The summed E-state index contributed by atoms with van der Waals surface area (Å²) in [5.74, 6) is 1.10. The van der Waals surface area contributed by atoms with Crippen molar-refractivity contribution >= 4 is 27.2 Å². The van der Waals surface area contributed by atoms with Crippen LogP contribution in [0.15, 0.2) is 41.3 Å². The van der Waals surface area contributed by atoms with Crippen LogP contribution in [-0.2, 0) is 10.0 Å². The molecule has 0 amide bonds. The molecule has 0 aromatic heterocycles. The summed E-state index contributed by atoms with van der Waals surface area (Å²) in [5, 5.41) is 16.7. The number of fused-ring (bicyclic) bond motifs is 1. The van der Waals surface area contributed by atoms with E-state index in [9.17, 15) is 23.3 Å². The SMILES string of the molecule is CC(C)Oc1ccc2c(c1)OC1(CCN(c3ccc(S(N)(=O)=O)cc3[N+](=O)[O-])CC1)CC2=O. The fourth-order valence-electron chi connectivity index (χ4n) is 4.35. The van der Waals surface area contributed by atoms with E-state index in [4.69, 9.17) is 14.6 Å². The van der Waals surface area contributed by atoms with Gasteiger partial charge in [0.25, 0.3) is 5.69 Å². The summed E-state index contributed by atoms with van der Waals surface area (Å²) in [5.41, 5.74) is -0.212. The van der Waals surface area contributed by atoms with Gasteiger partial charge < -0.3 is 14.4 Å². The molecule has 176 valence electrons. The molecular weight excluding hydrogens is 450 g/mol. The molecule has 2 aromatic rings. The molecule has 1 spiro atoms. The van der Waals surface area contributed by atoms with Crippen molar-refractivity contribution in [1.29, 1.82) is 0 Å². The Hall–Kier alpha value is -3.18. The van der Waals surface area contributed by atoms with Gasteiger partial charge in [0.05, 0.1) is 27.9 Å². The van der Waals surface area contributed by atoms with Crippen molar-refractivity contribution in [2.45, 2.75) is 49.7 Å². The highest BCUT2D eigenvalue weighted by atomic mass is 32.2. The molecule has 1 saturated heterocycles. The summed E-state index contributed by atoms with van der Waals surface area (Å²) >= 11 is 0. The van der Waals surface area contributed by atoms with E-state index in [1.165, 1.54) is 12.1 Å². The molecule has 2 N–H and O–H groups in total. The standard InChI is InChI=1S/C22H25N3O7S/c1-14(2)31-15-3-5-17-20(26)13-22(32-21(17)11-15)7-9-24(10-8-22)18-6-4-16(33(23,29)30)12-19(18)25(27)28/h3-6,11-12,14H,7-10,13H2,1-2H3,(H2,23,29,30). The molecular formula is C22H25N3O7S. The van der Waals surface area contributed by atoms with Crippen LogP contribution in [0, 0.1) is 10.1 Å². The molecule has 0 radical (unpaired) electrons. The molecule has 33 heavy (non-hydrogen) atoms. The number of sulfonamides is 1. The van der Waals surface area contributed by atoms with Crippen LogP contribution in [0.4, 0.5) is 11.4 Å². The lowest BCUT2D eigenvalue weighted by atomic mass is 9.82. The van der Waals surface area contributed by atoms with Crippen molar-refractivity contribution in [1.82, 2.24) is 0 Å². The van der Waals surface area contributed by atoms with E-state index in [1.807, 2.05) is 13.8 Å². The molecule has 11 heteroatoms. The molecule has 0 unspecified atom stereocenters. The van der Waals surface area contributed by atoms with Crippen molar-refractivity contribution < 1.29 is 27.6 Å². The highest BCUT2D eigenvalue weighted by Gasteiger charge is 2.43. The Kier molecular flexibility index (Phi) is 5.79. The summed E-state index contributed by atoms with van der Waals surface area (Å²) in [4.78, 5) is 25.3. The number of nitro groups is 1. The largest absolute Gasteiger partial charge is 0.491 e. The molecule has 2 aliphatic heterocycles. The number of nitrogens with two attached hydrogens (primary N) is 1. The third-order valence-electron chi connectivity index (χ3n) is 5.92. The minimum atomic E-state index is -4.07. The number of piperidine rings is 1. The van der Waals surface area contributed by atoms with Gasteiger partial charge in [-0.2, -0.15) is 0 Å². The van der Waals surface area contributed by atoms with Gasteiger partial charge in [-0.15, -0.1) is 0 Å². The average Bonchev–Trinajstić information content (AvgIpc) is 2.72. The number of hydrogen-bond donors (Lipinski definition) is 1. The van der Waals surface area contributed by atoms with Crippen molar-refractivity contribution in [2.75, 3.05) is 18.0 Å². The highest BCUT2D eigenvalue weighted by Crippen LogP contribution is 2.42. The van der Waals surface area contributed by atoms with E-state index in [2.05, 4.69) is 0 Å². The van der Waals surface area contributed by atoms with Gasteiger partial charge in [0, 0.05) is 38.1 Å². The van der Waals surface area contributed by atoms with Crippen LogP contribution in [0.3, 0.4) is 0 Å². The Morgan fingerprint density at radius 2 is 1.88 bits per heavy atom.